The molecule has 2 aliphatic rings. The average molecular weight is 451 g/mol. The first-order valence-electron chi connectivity index (χ1n) is 12.2. The second-order valence-electron chi connectivity index (χ2n) is 9.75. The van der Waals surface area contributed by atoms with Gasteiger partial charge < -0.3 is 20.5 Å². The van der Waals surface area contributed by atoms with Crippen LogP contribution < -0.4 is 16.0 Å². The Morgan fingerprint density at radius 2 is 2.09 bits per heavy atom. The van der Waals surface area contributed by atoms with E-state index >= 15 is 0 Å². The van der Waals surface area contributed by atoms with E-state index in [0.29, 0.717) is 30.1 Å². The van der Waals surface area contributed by atoms with Gasteiger partial charge in [-0.05, 0) is 57.6 Å². The zero-order valence-electron chi connectivity index (χ0n) is 19.5. The molecule has 2 fully saturated rings. The number of Topliss-reactive ketones (excluding diaryl/α,β-unsaturated/α-hetero) is 1. The van der Waals surface area contributed by atoms with Crippen LogP contribution in [0.1, 0.15) is 64.8 Å². The summed E-state index contributed by atoms with van der Waals surface area (Å²) in [5.74, 6) is 2.57. The van der Waals surface area contributed by atoms with Crippen molar-refractivity contribution < 1.29 is 4.79 Å². The summed E-state index contributed by atoms with van der Waals surface area (Å²) in [6.07, 6.45) is 12.5. The smallest absolute Gasteiger partial charge is 0.246 e. The number of imidazole rings is 1. The summed E-state index contributed by atoms with van der Waals surface area (Å²) in [4.78, 5) is 24.7. The lowest BCUT2D eigenvalue weighted by Gasteiger charge is -2.30. The van der Waals surface area contributed by atoms with Crippen LogP contribution in [0.4, 0.5) is 17.6 Å². The molecule has 9 heteroatoms. The van der Waals surface area contributed by atoms with Gasteiger partial charge in [-0.2, -0.15) is 4.98 Å². The summed E-state index contributed by atoms with van der Waals surface area (Å²) in [7, 11) is 0. The van der Waals surface area contributed by atoms with Crippen molar-refractivity contribution in [2.75, 3.05) is 16.8 Å². The minimum atomic E-state index is -0.180. The predicted octanol–water partition coefficient (Wildman–Crippen LogP) is 3.70. The molecule has 0 amide bonds. The number of hydrogen-bond donors (Lipinski definition) is 2. The molecule has 1 saturated carbocycles. The fourth-order valence-electron chi connectivity index (χ4n) is 5.17. The van der Waals surface area contributed by atoms with Gasteiger partial charge in [0.1, 0.15) is 11.3 Å². The van der Waals surface area contributed by atoms with Crippen molar-refractivity contribution in [3.8, 4) is 0 Å². The predicted molar refractivity (Wildman–Crippen MR) is 129 cm³/mol. The molecule has 4 heterocycles. The molecule has 33 heavy (non-hydrogen) atoms. The number of carbonyl (C=O) groups is 1. The SMILES string of the molecule is CC(C)n1cnc(Nc2nc(N3CCC[C@H]3C(=O)C[C@@H]3CCCC[C@H]3N)nn3cccc23)c1. The number of fused-ring (bicyclic) bond motifs is 1. The van der Waals surface area contributed by atoms with E-state index in [1.165, 1.54) is 12.8 Å². The molecular weight excluding hydrogens is 416 g/mol. The van der Waals surface area contributed by atoms with Crippen molar-refractivity contribution in [3.63, 3.8) is 0 Å². The Bertz CT molecular complexity index is 1120. The summed E-state index contributed by atoms with van der Waals surface area (Å²) in [5, 5.41) is 8.09. The molecular formula is C24H34N8O. The highest BCUT2D eigenvalue weighted by Crippen LogP contribution is 2.31. The average Bonchev–Trinajstić information content (AvgIpc) is 3.55. The third-order valence-corrected chi connectivity index (χ3v) is 7.14. The molecule has 0 bridgehead atoms. The van der Waals surface area contributed by atoms with Crippen molar-refractivity contribution in [2.45, 2.75) is 76.9 Å². The molecule has 176 valence electrons. The van der Waals surface area contributed by atoms with E-state index in [4.69, 9.17) is 15.8 Å². The van der Waals surface area contributed by atoms with Gasteiger partial charge in [-0.25, -0.2) is 9.50 Å². The lowest BCUT2D eigenvalue weighted by molar-refractivity contribution is -0.121. The van der Waals surface area contributed by atoms with Crippen LogP contribution in [0, 0.1) is 5.92 Å². The first-order chi connectivity index (χ1) is 16.0. The summed E-state index contributed by atoms with van der Waals surface area (Å²) in [6.45, 7) is 5.01. The monoisotopic (exact) mass is 450 g/mol. The molecule has 1 aliphatic heterocycles. The molecule has 1 saturated heterocycles. The van der Waals surface area contributed by atoms with Crippen molar-refractivity contribution in [1.82, 2.24) is 24.1 Å². The van der Waals surface area contributed by atoms with E-state index in [-0.39, 0.29) is 17.9 Å². The van der Waals surface area contributed by atoms with E-state index < -0.39 is 0 Å². The van der Waals surface area contributed by atoms with Crippen molar-refractivity contribution in [3.05, 3.63) is 30.9 Å². The molecule has 0 unspecified atom stereocenters. The fourth-order valence-corrected chi connectivity index (χ4v) is 5.17. The largest absolute Gasteiger partial charge is 0.333 e. The molecule has 3 aromatic heterocycles. The van der Waals surface area contributed by atoms with Crippen LogP contribution in [0.25, 0.3) is 5.52 Å². The molecule has 0 radical (unpaired) electrons. The first-order valence-corrected chi connectivity index (χ1v) is 12.2. The Morgan fingerprint density at radius 1 is 1.24 bits per heavy atom. The normalized spacial score (nSPS) is 23.5. The van der Waals surface area contributed by atoms with Crippen LogP contribution in [0.5, 0.6) is 0 Å². The highest BCUT2D eigenvalue weighted by molar-refractivity contribution is 5.87. The Hall–Kier alpha value is -2.94. The molecule has 5 rings (SSSR count). The standard InChI is InChI=1S/C24H34N8O/c1-16(2)30-14-22(26-15-30)27-23-20-10-6-12-32(20)29-24(28-23)31-11-5-9-19(31)21(33)13-17-7-3-4-8-18(17)25/h6,10,12,14-19H,3-5,7-9,11,13,25H2,1-2H3,(H,27,28,29)/t17-,18+,19-/m0/s1. The highest BCUT2D eigenvalue weighted by Gasteiger charge is 2.35. The van der Waals surface area contributed by atoms with Gasteiger partial charge in [-0.1, -0.05) is 12.8 Å². The maximum absolute atomic E-state index is 13.3. The quantitative estimate of drug-likeness (QED) is 0.565. The van der Waals surface area contributed by atoms with Gasteiger partial charge in [-0.15, -0.1) is 5.10 Å². The number of nitrogens with zero attached hydrogens (tertiary/aromatic N) is 6. The third kappa shape index (κ3) is 4.46. The van der Waals surface area contributed by atoms with E-state index in [1.807, 2.05) is 39.9 Å². The minimum Gasteiger partial charge on any atom is -0.333 e. The van der Waals surface area contributed by atoms with E-state index in [1.54, 1.807) is 0 Å². The third-order valence-electron chi connectivity index (χ3n) is 7.14. The summed E-state index contributed by atoms with van der Waals surface area (Å²) >= 11 is 0. The summed E-state index contributed by atoms with van der Waals surface area (Å²) in [6, 6.07) is 4.22. The van der Waals surface area contributed by atoms with Crippen LogP contribution in [-0.2, 0) is 4.79 Å². The Balaban J connectivity index is 1.39. The lowest BCUT2D eigenvalue weighted by atomic mass is 9.81. The van der Waals surface area contributed by atoms with Crippen molar-refractivity contribution in [2.24, 2.45) is 11.7 Å². The van der Waals surface area contributed by atoms with E-state index in [2.05, 4.69) is 29.0 Å². The van der Waals surface area contributed by atoms with Gasteiger partial charge in [0.2, 0.25) is 5.95 Å². The topological polar surface area (TPSA) is 106 Å². The van der Waals surface area contributed by atoms with Crippen molar-refractivity contribution >= 4 is 28.9 Å². The van der Waals surface area contributed by atoms with Gasteiger partial charge in [0, 0.05) is 37.4 Å². The number of anilines is 3. The molecule has 0 aromatic carbocycles. The van der Waals surface area contributed by atoms with E-state index in [0.717, 1.165) is 43.6 Å². The second-order valence-corrected chi connectivity index (χ2v) is 9.75. The number of aromatic nitrogens is 5. The van der Waals surface area contributed by atoms with Crippen LogP contribution in [0.15, 0.2) is 30.9 Å². The van der Waals surface area contributed by atoms with Crippen LogP contribution >= 0.6 is 0 Å². The Labute approximate surface area is 194 Å². The molecule has 3 aromatic rings. The van der Waals surface area contributed by atoms with Crippen LogP contribution in [0.3, 0.4) is 0 Å². The van der Waals surface area contributed by atoms with Gasteiger partial charge in [-0.3, -0.25) is 4.79 Å². The zero-order chi connectivity index (χ0) is 22.9. The maximum atomic E-state index is 13.3. The van der Waals surface area contributed by atoms with Gasteiger partial charge in [0.05, 0.1) is 12.4 Å². The molecule has 1 aliphatic carbocycles. The second kappa shape index (κ2) is 9.13. The highest BCUT2D eigenvalue weighted by atomic mass is 16.1. The van der Waals surface area contributed by atoms with E-state index in [9.17, 15) is 4.79 Å². The number of hydrogen-bond acceptors (Lipinski definition) is 7. The van der Waals surface area contributed by atoms with Gasteiger partial charge in [0.15, 0.2) is 11.6 Å². The molecule has 9 nitrogen and oxygen atoms in total. The van der Waals surface area contributed by atoms with Gasteiger partial charge in [0.25, 0.3) is 0 Å². The van der Waals surface area contributed by atoms with Crippen LogP contribution in [0.2, 0.25) is 0 Å². The summed E-state index contributed by atoms with van der Waals surface area (Å²) in [5.41, 5.74) is 7.19. The number of rotatable bonds is 7. The van der Waals surface area contributed by atoms with Crippen LogP contribution in [-0.4, -0.2) is 48.6 Å². The number of carbonyl (C=O) groups excluding carboxylic acids is 1. The number of nitrogens with two attached hydrogens (primary N) is 1. The summed E-state index contributed by atoms with van der Waals surface area (Å²) < 4.78 is 3.87. The number of nitrogens with one attached hydrogen (secondary N) is 1. The molecule has 3 atom stereocenters. The lowest BCUT2D eigenvalue weighted by Crippen LogP contribution is -2.41. The number of ketones is 1. The first kappa shape index (κ1) is 21.9. The van der Waals surface area contributed by atoms with Gasteiger partial charge >= 0.3 is 0 Å². The Morgan fingerprint density at radius 3 is 2.88 bits per heavy atom. The zero-order valence-corrected chi connectivity index (χ0v) is 19.5. The van der Waals surface area contributed by atoms with Crippen molar-refractivity contribution in [1.29, 1.82) is 0 Å². The Kier molecular flexibility index (Phi) is 6.05. The minimum absolute atomic E-state index is 0.145. The fraction of sp³-hybridized carbons (Fsp3) is 0.583. The maximum Gasteiger partial charge on any atom is 0.246 e. The molecule has 3 N–H and O–H groups in total. The molecule has 0 spiro atoms.